The van der Waals surface area contributed by atoms with Crippen molar-refractivity contribution in [2.24, 2.45) is 0 Å². The molecule has 0 bridgehead atoms. The van der Waals surface area contributed by atoms with Gasteiger partial charge in [0.15, 0.2) is 0 Å². The predicted octanol–water partition coefficient (Wildman–Crippen LogP) is 2.67. The molecule has 6 heteroatoms. The summed E-state index contributed by atoms with van der Waals surface area (Å²) in [7, 11) is 0. The van der Waals surface area contributed by atoms with Crippen LogP contribution in [0, 0.1) is 13.8 Å². The zero-order valence-corrected chi connectivity index (χ0v) is 15.4. The fraction of sp³-hybridized carbons (Fsp3) is 0.421. The predicted molar refractivity (Wildman–Crippen MR) is 98.3 cm³/mol. The van der Waals surface area contributed by atoms with E-state index in [2.05, 4.69) is 9.97 Å². The minimum Gasteiger partial charge on any atom is -0.494 e. The number of carbonyl (C=O) groups excluding carboxylic acids is 1. The first-order valence-corrected chi connectivity index (χ1v) is 8.54. The van der Waals surface area contributed by atoms with E-state index in [1.165, 1.54) is 0 Å². The molecule has 0 aliphatic carbocycles. The molecular weight excluding hydrogens is 316 g/mol. The van der Waals surface area contributed by atoms with E-state index in [9.17, 15) is 4.79 Å². The van der Waals surface area contributed by atoms with Gasteiger partial charge < -0.3 is 15.4 Å². The number of ether oxygens (including phenoxy) is 1. The molecule has 1 aromatic heterocycles. The minimum absolute atomic E-state index is 0.0355. The number of carbonyl (C=O) groups is 1. The zero-order chi connectivity index (χ0) is 18.4. The number of likely N-dealkylation sites (N-methyl/N-ethyl adjacent to an activating group) is 1. The molecule has 0 aliphatic rings. The monoisotopic (exact) mass is 342 g/mol. The Hall–Kier alpha value is -2.63. The lowest BCUT2D eigenvalue weighted by atomic mass is 10.1. The summed E-state index contributed by atoms with van der Waals surface area (Å²) in [6, 6.07) is 7.81. The van der Waals surface area contributed by atoms with Gasteiger partial charge in [0.05, 0.1) is 13.0 Å². The second-order valence-electron chi connectivity index (χ2n) is 5.86. The summed E-state index contributed by atoms with van der Waals surface area (Å²) >= 11 is 0. The molecule has 0 radical (unpaired) electrons. The van der Waals surface area contributed by atoms with E-state index >= 15 is 0 Å². The SMILES string of the molecule is CCOc1ccccc1CN(CC)C(=O)Cc1c(C)nc(N)nc1C. The lowest BCUT2D eigenvalue weighted by molar-refractivity contribution is -0.130. The van der Waals surface area contributed by atoms with E-state index in [0.29, 0.717) is 19.7 Å². The van der Waals surface area contributed by atoms with Gasteiger partial charge in [-0.15, -0.1) is 0 Å². The van der Waals surface area contributed by atoms with Crippen molar-refractivity contribution in [3.63, 3.8) is 0 Å². The quantitative estimate of drug-likeness (QED) is 0.836. The van der Waals surface area contributed by atoms with Gasteiger partial charge in [-0.25, -0.2) is 9.97 Å². The van der Waals surface area contributed by atoms with Crippen LogP contribution in [0.5, 0.6) is 5.75 Å². The molecule has 0 aliphatic heterocycles. The van der Waals surface area contributed by atoms with Crippen LogP contribution in [-0.4, -0.2) is 33.9 Å². The Labute approximate surface area is 149 Å². The molecule has 1 aromatic carbocycles. The van der Waals surface area contributed by atoms with Gasteiger partial charge >= 0.3 is 0 Å². The van der Waals surface area contributed by atoms with Gasteiger partial charge in [-0.2, -0.15) is 0 Å². The Bertz CT molecular complexity index is 723. The summed E-state index contributed by atoms with van der Waals surface area (Å²) in [5, 5.41) is 0. The minimum atomic E-state index is 0.0355. The highest BCUT2D eigenvalue weighted by molar-refractivity contribution is 5.79. The third kappa shape index (κ3) is 4.68. The van der Waals surface area contributed by atoms with Crippen LogP contribution >= 0.6 is 0 Å². The maximum Gasteiger partial charge on any atom is 0.227 e. The number of benzene rings is 1. The number of nitrogens with two attached hydrogens (primary N) is 1. The molecule has 2 aromatic rings. The molecule has 2 N–H and O–H groups in total. The third-order valence-corrected chi connectivity index (χ3v) is 4.13. The third-order valence-electron chi connectivity index (χ3n) is 4.13. The molecule has 25 heavy (non-hydrogen) atoms. The number of anilines is 1. The number of hydrogen-bond acceptors (Lipinski definition) is 5. The highest BCUT2D eigenvalue weighted by Gasteiger charge is 2.18. The zero-order valence-electron chi connectivity index (χ0n) is 15.4. The van der Waals surface area contributed by atoms with E-state index in [0.717, 1.165) is 28.3 Å². The van der Waals surface area contributed by atoms with E-state index in [1.807, 2.05) is 56.9 Å². The molecule has 1 amide bonds. The van der Waals surface area contributed by atoms with Gasteiger partial charge in [-0.05, 0) is 33.8 Å². The van der Waals surface area contributed by atoms with E-state index in [4.69, 9.17) is 10.5 Å². The van der Waals surface area contributed by atoms with Gasteiger partial charge in [0.1, 0.15) is 5.75 Å². The van der Waals surface area contributed by atoms with Gasteiger partial charge in [0.2, 0.25) is 11.9 Å². The van der Waals surface area contributed by atoms with Gasteiger partial charge in [0, 0.05) is 35.6 Å². The Balaban J connectivity index is 2.17. The smallest absolute Gasteiger partial charge is 0.227 e. The normalized spacial score (nSPS) is 10.6. The van der Waals surface area contributed by atoms with E-state index in [1.54, 1.807) is 0 Å². The molecule has 0 saturated heterocycles. The topological polar surface area (TPSA) is 81.3 Å². The summed E-state index contributed by atoms with van der Waals surface area (Å²) in [5.74, 6) is 1.09. The molecule has 1 heterocycles. The van der Waals surface area contributed by atoms with Crippen LogP contribution in [0.2, 0.25) is 0 Å². The number of hydrogen-bond donors (Lipinski definition) is 1. The number of aryl methyl sites for hydroxylation is 2. The number of rotatable bonds is 7. The Morgan fingerprint density at radius 3 is 2.40 bits per heavy atom. The van der Waals surface area contributed by atoms with Crippen LogP contribution < -0.4 is 10.5 Å². The molecular formula is C19H26N4O2. The summed E-state index contributed by atoms with van der Waals surface area (Å²) in [6.07, 6.45) is 0.266. The Morgan fingerprint density at radius 1 is 1.16 bits per heavy atom. The fourth-order valence-corrected chi connectivity index (χ4v) is 2.80. The van der Waals surface area contributed by atoms with Crippen LogP contribution in [0.4, 0.5) is 5.95 Å². The van der Waals surface area contributed by atoms with Crippen molar-refractivity contribution in [2.75, 3.05) is 18.9 Å². The molecule has 6 nitrogen and oxygen atoms in total. The van der Waals surface area contributed by atoms with Crippen LogP contribution in [0.25, 0.3) is 0 Å². The fourth-order valence-electron chi connectivity index (χ4n) is 2.80. The number of aromatic nitrogens is 2. The number of nitrogens with zero attached hydrogens (tertiary/aromatic N) is 3. The van der Waals surface area contributed by atoms with Crippen molar-refractivity contribution in [2.45, 2.75) is 40.7 Å². The van der Waals surface area contributed by atoms with Crippen molar-refractivity contribution < 1.29 is 9.53 Å². The van der Waals surface area contributed by atoms with Crippen molar-refractivity contribution >= 4 is 11.9 Å². The lowest BCUT2D eigenvalue weighted by Crippen LogP contribution is -2.32. The first-order valence-electron chi connectivity index (χ1n) is 8.54. The Kier molecular flexibility index (Phi) is 6.33. The summed E-state index contributed by atoms with van der Waals surface area (Å²) in [4.78, 5) is 23.0. The summed E-state index contributed by atoms with van der Waals surface area (Å²) in [6.45, 7) is 9.36. The molecule has 0 fully saturated rings. The van der Waals surface area contributed by atoms with Crippen LogP contribution in [0.15, 0.2) is 24.3 Å². The highest BCUT2D eigenvalue weighted by Crippen LogP contribution is 2.21. The largest absolute Gasteiger partial charge is 0.494 e. The molecule has 0 spiro atoms. The lowest BCUT2D eigenvalue weighted by Gasteiger charge is -2.23. The first-order chi connectivity index (χ1) is 12.0. The molecule has 0 saturated carbocycles. The van der Waals surface area contributed by atoms with Crippen molar-refractivity contribution in [1.82, 2.24) is 14.9 Å². The molecule has 134 valence electrons. The van der Waals surface area contributed by atoms with Gasteiger partial charge in [-0.1, -0.05) is 18.2 Å². The first kappa shape index (κ1) is 18.7. The summed E-state index contributed by atoms with van der Waals surface area (Å²) < 4.78 is 5.66. The average Bonchev–Trinajstić information content (AvgIpc) is 2.57. The number of amides is 1. The van der Waals surface area contributed by atoms with Crippen molar-refractivity contribution in [3.05, 3.63) is 46.8 Å². The van der Waals surface area contributed by atoms with Gasteiger partial charge in [-0.3, -0.25) is 4.79 Å². The van der Waals surface area contributed by atoms with Crippen LogP contribution in [-0.2, 0) is 17.8 Å². The molecule has 0 unspecified atom stereocenters. The number of para-hydroxylation sites is 1. The molecule has 2 rings (SSSR count). The van der Waals surface area contributed by atoms with E-state index in [-0.39, 0.29) is 18.3 Å². The van der Waals surface area contributed by atoms with Gasteiger partial charge in [0.25, 0.3) is 0 Å². The maximum absolute atomic E-state index is 12.8. The summed E-state index contributed by atoms with van der Waals surface area (Å²) in [5.41, 5.74) is 9.01. The standard InChI is InChI=1S/C19H26N4O2/c1-5-23(12-15-9-7-8-10-17(15)25-6-2)18(24)11-16-13(3)21-19(20)22-14(16)4/h7-10H,5-6,11-12H2,1-4H3,(H2,20,21,22). The van der Waals surface area contributed by atoms with Crippen LogP contribution in [0.3, 0.4) is 0 Å². The molecule has 0 atom stereocenters. The second-order valence-corrected chi connectivity index (χ2v) is 5.86. The average molecular weight is 342 g/mol. The van der Waals surface area contributed by atoms with Crippen molar-refractivity contribution in [1.29, 1.82) is 0 Å². The Morgan fingerprint density at radius 2 is 1.80 bits per heavy atom. The van der Waals surface area contributed by atoms with Crippen LogP contribution in [0.1, 0.15) is 36.4 Å². The highest BCUT2D eigenvalue weighted by atomic mass is 16.5. The van der Waals surface area contributed by atoms with E-state index < -0.39 is 0 Å². The maximum atomic E-state index is 12.8. The number of nitrogen functional groups attached to an aromatic ring is 1. The van der Waals surface area contributed by atoms with Crippen molar-refractivity contribution in [3.8, 4) is 5.75 Å². The second kappa shape index (κ2) is 8.46.